The van der Waals surface area contributed by atoms with E-state index in [4.69, 9.17) is 4.74 Å². The molecule has 0 fully saturated rings. The summed E-state index contributed by atoms with van der Waals surface area (Å²) in [6.45, 7) is 11.5. The first-order chi connectivity index (χ1) is 8.19. The Morgan fingerprint density at radius 1 is 1.17 bits per heavy atom. The van der Waals surface area contributed by atoms with E-state index < -0.39 is 11.6 Å². The number of hydrogen-bond acceptors (Lipinski definition) is 3. The van der Waals surface area contributed by atoms with E-state index in [9.17, 15) is 4.79 Å². The van der Waals surface area contributed by atoms with Gasteiger partial charge in [-0.1, -0.05) is 17.7 Å². The summed E-state index contributed by atoms with van der Waals surface area (Å²) in [6, 6.07) is 4.10. The highest BCUT2D eigenvalue weighted by atomic mass is 16.6. The van der Waals surface area contributed by atoms with Crippen LogP contribution in [0.3, 0.4) is 0 Å². The van der Waals surface area contributed by atoms with Crippen molar-refractivity contribution in [1.29, 1.82) is 0 Å². The van der Waals surface area contributed by atoms with E-state index in [2.05, 4.69) is 17.1 Å². The molecule has 0 aliphatic heterocycles. The van der Waals surface area contributed by atoms with Crippen molar-refractivity contribution in [3.8, 4) is 0 Å². The zero-order valence-electron chi connectivity index (χ0n) is 12.0. The molecule has 1 aromatic carbocycles. The largest absolute Gasteiger partial charge is 0.456 e. The quantitative estimate of drug-likeness (QED) is 0.591. The van der Waals surface area contributed by atoms with Gasteiger partial charge in [-0.05, 0) is 52.7 Å². The normalized spacial score (nSPS) is 11.9. The van der Waals surface area contributed by atoms with E-state index in [0.717, 1.165) is 16.8 Å². The zero-order valence-corrected chi connectivity index (χ0v) is 12.0. The van der Waals surface area contributed by atoms with Crippen LogP contribution in [0.4, 0.5) is 5.69 Å². The number of aryl methyl sites for hydroxylation is 3. The molecule has 0 radical (unpaired) electrons. The van der Waals surface area contributed by atoms with Gasteiger partial charge in [-0.3, -0.25) is 0 Å². The van der Waals surface area contributed by atoms with E-state index in [1.165, 1.54) is 11.8 Å². The molecule has 0 spiro atoms. The SMILES string of the molecule is Cc1cc(C)c(N=CC(=O)OC(C)(C)C)c(C)c1. The molecule has 1 rings (SSSR count). The van der Waals surface area contributed by atoms with E-state index in [0.29, 0.717) is 0 Å². The molecule has 0 aliphatic carbocycles. The molecule has 3 heteroatoms. The lowest BCUT2D eigenvalue weighted by molar-refractivity contribution is -0.145. The van der Waals surface area contributed by atoms with Gasteiger partial charge in [0, 0.05) is 0 Å². The number of hydrogen-bond donors (Lipinski definition) is 0. The first kappa shape index (κ1) is 14.4. The Hall–Kier alpha value is -1.64. The minimum Gasteiger partial charge on any atom is -0.456 e. The molecule has 3 nitrogen and oxygen atoms in total. The van der Waals surface area contributed by atoms with Crippen LogP contribution in [0.2, 0.25) is 0 Å². The molecule has 0 atom stereocenters. The lowest BCUT2D eigenvalue weighted by Crippen LogP contribution is -2.24. The molecule has 18 heavy (non-hydrogen) atoms. The van der Waals surface area contributed by atoms with E-state index in [1.807, 2.05) is 41.5 Å². The molecular weight excluding hydrogens is 226 g/mol. The number of ether oxygens (including phenoxy) is 1. The van der Waals surface area contributed by atoms with Crippen LogP contribution in [0, 0.1) is 20.8 Å². The van der Waals surface area contributed by atoms with Gasteiger partial charge in [0.15, 0.2) is 0 Å². The van der Waals surface area contributed by atoms with Crippen LogP contribution in [0.25, 0.3) is 0 Å². The van der Waals surface area contributed by atoms with Gasteiger partial charge in [0.05, 0.1) is 5.69 Å². The summed E-state index contributed by atoms with van der Waals surface area (Å²) in [4.78, 5) is 15.8. The van der Waals surface area contributed by atoms with Gasteiger partial charge < -0.3 is 4.74 Å². The van der Waals surface area contributed by atoms with E-state index in [1.54, 1.807) is 0 Å². The molecule has 98 valence electrons. The van der Waals surface area contributed by atoms with Gasteiger partial charge in [-0.15, -0.1) is 0 Å². The molecule has 0 saturated heterocycles. The van der Waals surface area contributed by atoms with Crippen molar-refractivity contribution in [2.45, 2.75) is 47.1 Å². The Kier molecular flexibility index (Phi) is 4.28. The van der Waals surface area contributed by atoms with Crippen LogP contribution in [-0.2, 0) is 9.53 Å². The summed E-state index contributed by atoms with van der Waals surface area (Å²) in [6.07, 6.45) is 1.25. The van der Waals surface area contributed by atoms with Gasteiger partial charge in [0.2, 0.25) is 0 Å². The predicted octanol–water partition coefficient (Wildman–Crippen LogP) is 3.66. The van der Waals surface area contributed by atoms with Crippen LogP contribution in [0.15, 0.2) is 17.1 Å². The Morgan fingerprint density at radius 2 is 1.67 bits per heavy atom. The molecule has 1 aromatic rings. The third-order valence-corrected chi connectivity index (χ3v) is 2.34. The zero-order chi connectivity index (χ0) is 13.9. The second-order valence-corrected chi connectivity index (χ2v) is 5.54. The number of carbonyl (C=O) groups excluding carboxylic acids is 1. The fourth-order valence-electron chi connectivity index (χ4n) is 1.82. The number of carbonyl (C=O) groups is 1. The maximum Gasteiger partial charge on any atom is 0.349 e. The summed E-state index contributed by atoms with van der Waals surface area (Å²) in [5.41, 5.74) is 3.67. The van der Waals surface area contributed by atoms with Crippen LogP contribution >= 0.6 is 0 Å². The van der Waals surface area contributed by atoms with Crippen molar-refractivity contribution >= 4 is 17.9 Å². The third-order valence-electron chi connectivity index (χ3n) is 2.34. The van der Waals surface area contributed by atoms with Crippen LogP contribution < -0.4 is 0 Å². The fourth-order valence-corrected chi connectivity index (χ4v) is 1.82. The van der Waals surface area contributed by atoms with Crippen molar-refractivity contribution in [1.82, 2.24) is 0 Å². The highest BCUT2D eigenvalue weighted by Crippen LogP contribution is 2.24. The van der Waals surface area contributed by atoms with Crippen molar-refractivity contribution in [3.63, 3.8) is 0 Å². The van der Waals surface area contributed by atoms with Crippen molar-refractivity contribution in [2.75, 3.05) is 0 Å². The highest BCUT2D eigenvalue weighted by Gasteiger charge is 2.14. The first-order valence-corrected chi connectivity index (χ1v) is 6.04. The summed E-state index contributed by atoms with van der Waals surface area (Å²) in [5.74, 6) is -0.415. The minimum absolute atomic E-state index is 0.415. The van der Waals surface area contributed by atoms with Crippen molar-refractivity contribution < 1.29 is 9.53 Å². The van der Waals surface area contributed by atoms with Gasteiger partial charge in [-0.2, -0.15) is 0 Å². The van der Waals surface area contributed by atoms with E-state index >= 15 is 0 Å². The summed E-state index contributed by atoms with van der Waals surface area (Å²) < 4.78 is 5.17. The van der Waals surface area contributed by atoms with Gasteiger partial charge in [0.25, 0.3) is 0 Å². The smallest absolute Gasteiger partial charge is 0.349 e. The Morgan fingerprint density at radius 3 is 2.11 bits per heavy atom. The van der Waals surface area contributed by atoms with Gasteiger partial charge >= 0.3 is 5.97 Å². The Bertz CT molecular complexity index is 459. The average Bonchev–Trinajstić information content (AvgIpc) is 2.12. The number of rotatable bonds is 2. The van der Waals surface area contributed by atoms with Gasteiger partial charge in [-0.25, -0.2) is 9.79 Å². The second kappa shape index (κ2) is 5.34. The summed E-state index contributed by atoms with van der Waals surface area (Å²) >= 11 is 0. The second-order valence-electron chi connectivity index (χ2n) is 5.54. The number of aliphatic imine (C=N–C) groups is 1. The predicted molar refractivity (Wildman–Crippen MR) is 74.7 cm³/mol. The summed E-state index contributed by atoms with van der Waals surface area (Å²) in [7, 11) is 0. The van der Waals surface area contributed by atoms with E-state index in [-0.39, 0.29) is 0 Å². The maximum atomic E-state index is 11.6. The molecule has 0 saturated carbocycles. The lowest BCUT2D eigenvalue weighted by Gasteiger charge is -2.17. The van der Waals surface area contributed by atoms with Crippen LogP contribution in [0.1, 0.15) is 37.5 Å². The minimum atomic E-state index is -0.486. The maximum absolute atomic E-state index is 11.6. The molecule has 0 bridgehead atoms. The summed E-state index contributed by atoms with van der Waals surface area (Å²) in [5, 5.41) is 0. The molecule has 0 amide bonds. The molecule has 0 unspecified atom stereocenters. The average molecular weight is 247 g/mol. The number of benzene rings is 1. The highest BCUT2D eigenvalue weighted by molar-refractivity contribution is 6.23. The monoisotopic (exact) mass is 247 g/mol. The van der Waals surface area contributed by atoms with Crippen LogP contribution in [0.5, 0.6) is 0 Å². The molecule has 0 aliphatic rings. The Balaban J connectivity index is 2.89. The first-order valence-electron chi connectivity index (χ1n) is 6.04. The third kappa shape index (κ3) is 4.32. The molecule has 0 heterocycles. The lowest BCUT2D eigenvalue weighted by atomic mass is 10.1. The van der Waals surface area contributed by atoms with Crippen LogP contribution in [-0.4, -0.2) is 17.8 Å². The molecule has 0 aromatic heterocycles. The number of esters is 1. The van der Waals surface area contributed by atoms with Gasteiger partial charge in [0.1, 0.15) is 11.8 Å². The molecular formula is C15H21NO2. The van der Waals surface area contributed by atoms with Crippen molar-refractivity contribution in [3.05, 3.63) is 28.8 Å². The molecule has 0 N–H and O–H groups in total. The topological polar surface area (TPSA) is 38.7 Å². The number of nitrogens with zero attached hydrogens (tertiary/aromatic N) is 1. The Labute approximate surface area is 109 Å². The fraction of sp³-hybridized carbons (Fsp3) is 0.467. The standard InChI is InChI=1S/C15H21NO2/c1-10-7-11(2)14(12(3)8-10)16-9-13(17)18-15(4,5)6/h7-9H,1-6H3. The van der Waals surface area contributed by atoms with Crippen molar-refractivity contribution in [2.24, 2.45) is 4.99 Å².